The van der Waals surface area contributed by atoms with E-state index in [0.29, 0.717) is 32.4 Å². The zero-order valence-electron chi connectivity index (χ0n) is 42.7. The number of nitrogens with zero attached hydrogens (tertiary/aromatic N) is 2. The summed E-state index contributed by atoms with van der Waals surface area (Å²) in [6.45, 7) is 3.04. The lowest BCUT2D eigenvalue weighted by atomic mass is 10.0. The van der Waals surface area contributed by atoms with Crippen LogP contribution in [0.1, 0.15) is 105 Å². The molecule has 0 bridgehead atoms. The Morgan fingerprint density at radius 3 is 1.48 bits per heavy atom. The molecular weight excluding hydrogens is 921 g/mol. The molecule has 0 aromatic heterocycles. The monoisotopic (exact) mass is 999 g/mol. The van der Waals surface area contributed by atoms with Gasteiger partial charge < -0.3 is 54.0 Å². The number of carbonyl (C=O) groups is 6. The fraction of sp³-hybridized carbons (Fsp3) is 0.439. The molecule has 0 saturated carbocycles. The molecule has 5 aromatic rings. The van der Waals surface area contributed by atoms with Crippen molar-refractivity contribution in [2.45, 2.75) is 109 Å². The van der Waals surface area contributed by atoms with Crippen LogP contribution in [0.15, 0.2) is 103 Å². The lowest BCUT2D eigenvalue weighted by Crippen LogP contribution is -2.45. The number of hydrogen-bond donors (Lipinski definition) is 8. The summed E-state index contributed by atoms with van der Waals surface area (Å²) in [5.74, 6) is -2.30. The fourth-order valence-corrected chi connectivity index (χ4v) is 8.91. The average molecular weight is 999 g/mol. The standard InChI is InChI=1S/C57H78N10O6/c1-2-3-4-5-6-27-52(68)62-30-31-63-57(73)45-32-48(64-53(69)39-66(37-46(60)23-11-13-28-58)55(71)34-43-21-15-19-41-17-7-9-25-50(41)43)36-49(33-45)65-54(70)40-67(38-47(61)24-12-14-29-59)56(72)35-44-22-16-20-42-18-8-10-26-51(42)44/h7-10,15-22,25-26,32-33,36,46-47H,2-6,11-14,23-24,27-31,34-35,37-40,58-61H2,1H3,(H,62,68)(H,63,73)(H,64,69)(H,65,70)/t46-,47-/m0/s1. The first kappa shape index (κ1) is 57.2. The number of rotatable bonds is 32. The number of amides is 6. The van der Waals surface area contributed by atoms with Crippen molar-refractivity contribution in [1.29, 1.82) is 0 Å². The molecule has 16 heteroatoms. The molecule has 12 N–H and O–H groups in total. The summed E-state index contributed by atoms with van der Waals surface area (Å²) in [7, 11) is 0. The summed E-state index contributed by atoms with van der Waals surface area (Å²) in [6.07, 6.45) is 9.87. The van der Waals surface area contributed by atoms with Gasteiger partial charge in [0.05, 0.1) is 25.9 Å². The highest BCUT2D eigenvalue weighted by atomic mass is 16.2. The number of benzene rings is 5. The van der Waals surface area contributed by atoms with Crippen LogP contribution in [-0.4, -0.2) is 110 Å². The topological polar surface area (TPSA) is 261 Å². The van der Waals surface area contributed by atoms with Crippen molar-refractivity contribution in [3.05, 3.63) is 120 Å². The molecular formula is C57H78N10O6. The number of nitrogens with two attached hydrogens (primary N) is 4. The third-order valence-electron chi connectivity index (χ3n) is 12.8. The SMILES string of the molecule is CCCCCCCC(=O)NCCNC(=O)c1cc(NC(=O)CN(C[C@@H](N)CCCCN)C(=O)Cc2cccc3ccccc23)cc(NC(=O)CN(C[C@@H](N)CCCCN)C(=O)Cc2cccc3ccccc23)c1. The molecule has 0 aliphatic carbocycles. The second-order valence-electron chi connectivity index (χ2n) is 18.9. The van der Waals surface area contributed by atoms with Crippen molar-refractivity contribution >= 4 is 68.4 Å². The molecule has 0 unspecified atom stereocenters. The van der Waals surface area contributed by atoms with Gasteiger partial charge in [-0.25, -0.2) is 0 Å². The van der Waals surface area contributed by atoms with E-state index in [0.717, 1.165) is 90.5 Å². The van der Waals surface area contributed by atoms with E-state index in [1.807, 2.05) is 84.9 Å². The summed E-state index contributed by atoms with van der Waals surface area (Å²) >= 11 is 0. The van der Waals surface area contributed by atoms with Crippen LogP contribution in [0.4, 0.5) is 11.4 Å². The minimum absolute atomic E-state index is 0.0372. The van der Waals surface area contributed by atoms with E-state index < -0.39 is 29.8 Å². The normalized spacial score (nSPS) is 12.0. The maximum Gasteiger partial charge on any atom is 0.251 e. The van der Waals surface area contributed by atoms with E-state index in [-0.39, 0.29) is 86.8 Å². The molecule has 392 valence electrons. The molecule has 0 aliphatic rings. The minimum atomic E-state index is -0.554. The Balaban J connectivity index is 1.36. The lowest BCUT2D eigenvalue weighted by molar-refractivity contribution is -0.134. The van der Waals surface area contributed by atoms with Crippen molar-refractivity contribution in [2.75, 3.05) is 63.0 Å². The minimum Gasteiger partial charge on any atom is -0.354 e. The Labute approximate surface area is 430 Å². The summed E-state index contributed by atoms with van der Waals surface area (Å²) in [5, 5.41) is 15.2. The van der Waals surface area contributed by atoms with Crippen LogP contribution in [0.25, 0.3) is 21.5 Å². The van der Waals surface area contributed by atoms with Crippen molar-refractivity contribution in [3.63, 3.8) is 0 Å². The van der Waals surface area contributed by atoms with Gasteiger partial charge in [0, 0.05) is 61.6 Å². The molecule has 73 heavy (non-hydrogen) atoms. The zero-order chi connectivity index (χ0) is 52.4. The highest BCUT2D eigenvalue weighted by Crippen LogP contribution is 2.23. The molecule has 0 spiro atoms. The van der Waals surface area contributed by atoms with Gasteiger partial charge in [-0.2, -0.15) is 0 Å². The van der Waals surface area contributed by atoms with Crippen LogP contribution >= 0.6 is 0 Å². The summed E-state index contributed by atoms with van der Waals surface area (Å²) in [4.78, 5) is 85.5. The molecule has 5 rings (SSSR count). The third kappa shape index (κ3) is 19.7. The maximum absolute atomic E-state index is 14.1. The van der Waals surface area contributed by atoms with Crippen LogP contribution in [0, 0.1) is 0 Å². The maximum atomic E-state index is 14.1. The molecule has 5 aromatic carbocycles. The first-order chi connectivity index (χ1) is 35.4. The predicted molar refractivity (Wildman–Crippen MR) is 293 cm³/mol. The number of hydrogen-bond acceptors (Lipinski definition) is 10. The van der Waals surface area contributed by atoms with E-state index in [1.54, 1.807) is 0 Å². The molecule has 0 heterocycles. The second-order valence-corrected chi connectivity index (χ2v) is 18.9. The van der Waals surface area contributed by atoms with Gasteiger partial charge in [0.25, 0.3) is 5.91 Å². The Kier molecular flexibility index (Phi) is 24.3. The molecule has 2 atom stereocenters. The zero-order valence-corrected chi connectivity index (χ0v) is 42.7. The molecule has 0 fully saturated rings. The highest BCUT2D eigenvalue weighted by molar-refractivity contribution is 6.02. The van der Waals surface area contributed by atoms with Crippen LogP contribution in [0.2, 0.25) is 0 Å². The van der Waals surface area contributed by atoms with Crippen molar-refractivity contribution in [1.82, 2.24) is 20.4 Å². The summed E-state index contributed by atoms with van der Waals surface area (Å²) < 4.78 is 0. The number of unbranched alkanes of at least 4 members (excludes halogenated alkanes) is 6. The van der Waals surface area contributed by atoms with Gasteiger partial charge in [-0.05, 0) is 96.1 Å². The van der Waals surface area contributed by atoms with Crippen molar-refractivity contribution in [3.8, 4) is 0 Å². The van der Waals surface area contributed by atoms with Gasteiger partial charge in [0.1, 0.15) is 0 Å². The largest absolute Gasteiger partial charge is 0.354 e. The summed E-state index contributed by atoms with van der Waals surface area (Å²) in [6, 6.07) is 30.7. The predicted octanol–water partition coefficient (Wildman–Crippen LogP) is 6.13. The molecule has 16 nitrogen and oxygen atoms in total. The number of carbonyl (C=O) groups excluding carboxylic acids is 6. The number of anilines is 2. The fourth-order valence-electron chi connectivity index (χ4n) is 8.91. The van der Waals surface area contributed by atoms with Gasteiger partial charge in [0.2, 0.25) is 29.5 Å². The van der Waals surface area contributed by atoms with E-state index in [1.165, 1.54) is 28.0 Å². The van der Waals surface area contributed by atoms with Crippen LogP contribution < -0.4 is 44.2 Å². The Morgan fingerprint density at radius 2 is 0.986 bits per heavy atom. The number of nitrogens with one attached hydrogen (secondary N) is 4. The van der Waals surface area contributed by atoms with Gasteiger partial charge in [-0.1, -0.05) is 130 Å². The lowest BCUT2D eigenvalue weighted by Gasteiger charge is -2.26. The van der Waals surface area contributed by atoms with Gasteiger partial charge >= 0.3 is 0 Å². The molecule has 0 saturated heterocycles. The van der Waals surface area contributed by atoms with E-state index >= 15 is 0 Å². The Morgan fingerprint density at radius 1 is 0.521 bits per heavy atom. The first-order valence-corrected chi connectivity index (χ1v) is 26.1. The smallest absolute Gasteiger partial charge is 0.251 e. The summed E-state index contributed by atoms with van der Waals surface area (Å²) in [5.41, 5.74) is 26.6. The van der Waals surface area contributed by atoms with Crippen molar-refractivity contribution in [2.24, 2.45) is 22.9 Å². The third-order valence-corrected chi connectivity index (χ3v) is 12.8. The van der Waals surface area contributed by atoms with Crippen molar-refractivity contribution < 1.29 is 28.8 Å². The van der Waals surface area contributed by atoms with Crippen LogP contribution in [-0.2, 0) is 36.8 Å². The molecule has 6 amide bonds. The van der Waals surface area contributed by atoms with Gasteiger partial charge in [-0.3, -0.25) is 28.8 Å². The van der Waals surface area contributed by atoms with E-state index in [2.05, 4.69) is 28.2 Å². The highest BCUT2D eigenvalue weighted by Gasteiger charge is 2.24. The Bertz CT molecular complexity index is 2430. The van der Waals surface area contributed by atoms with Gasteiger partial charge in [0.15, 0.2) is 0 Å². The Hall–Kier alpha value is -6.72. The average Bonchev–Trinajstić information content (AvgIpc) is 3.37. The second kappa shape index (κ2) is 31.0. The van der Waals surface area contributed by atoms with Crippen LogP contribution in [0.5, 0.6) is 0 Å². The first-order valence-electron chi connectivity index (χ1n) is 26.1. The molecule has 0 aliphatic heterocycles. The quantitative estimate of drug-likeness (QED) is 0.0229. The van der Waals surface area contributed by atoms with E-state index in [9.17, 15) is 28.8 Å². The van der Waals surface area contributed by atoms with Crippen LogP contribution in [0.3, 0.4) is 0 Å². The molecule has 0 radical (unpaired) electrons. The van der Waals surface area contributed by atoms with Gasteiger partial charge in [-0.15, -0.1) is 0 Å². The number of fused-ring (bicyclic) bond motifs is 2. The van der Waals surface area contributed by atoms with E-state index in [4.69, 9.17) is 22.9 Å².